The van der Waals surface area contributed by atoms with E-state index in [1.807, 2.05) is 0 Å². The van der Waals surface area contributed by atoms with Gasteiger partial charge in [-0.1, -0.05) is 0 Å². The van der Waals surface area contributed by atoms with Gasteiger partial charge in [0.2, 0.25) is 0 Å². The molecule has 0 aliphatic carbocycles. The Hall–Kier alpha value is -1.91. The van der Waals surface area contributed by atoms with E-state index < -0.39 is 11.6 Å². The zero-order chi connectivity index (χ0) is 11.0. The molecule has 1 aromatic heterocycles. The first kappa shape index (κ1) is 9.64. The van der Waals surface area contributed by atoms with Crippen LogP contribution in [-0.4, -0.2) is 9.55 Å². The first-order chi connectivity index (χ1) is 7.09. The fourth-order valence-corrected chi connectivity index (χ4v) is 1.33. The van der Waals surface area contributed by atoms with Crippen molar-refractivity contribution in [2.75, 3.05) is 5.73 Å². The molecule has 0 radical (unpaired) electrons. The summed E-state index contributed by atoms with van der Waals surface area (Å²) in [5, 5.41) is 0. The monoisotopic (exact) mass is 209 g/mol. The van der Waals surface area contributed by atoms with E-state index in [0.717, 1.165) is 6.07 Å². The standard InChI is InChI=1S/C10H9F2N3/c1-15-5-14-9(10(15)13)7-3-2-6(11)4-8(7)12/h2-5H,13H2,1H3. The van der Waals surface area contributed by atoms with Crippen LogP contribution in [0.4, 0.5) is 14.6 Å². The maximum atomic E-state index is 13.4. The van der Waals surface area contributed by atoms with Gasteiger partial charge in [0, 0.05) is 18.7 Å². The van der Waals surface area contributed by atoms with Gasteiger partial charge in [-0.05, 0) is 12.1 Å². The molecule has 0 bridgehead atoms. The number of nitrogens with two attached hydrogens (primary N) is 1. The second-order valence-corrected chi connectivity index (χ2v) is 3.21. The molecular formula is C10H9F2N3. The van der Waals surface area contributed by atoms with Crippen LogP contribution in [0.1, 0.15) is 0 Å². The SMILES string of the molecule is Cn1cnc(-c2ccc(F)cc2F)c1N. The summed E-state index contributed by atoms with van der Waals surface area (Å²) in [4.78, 5) is 3.95. The molecule has 0 aliphatic rings. The van der Waals surface area contributed by atoms with Gasteiger partial charge in [-0.15, -0.1) is 0 Å². The van der Waals surface area contributed by atoms with E-state index in [1.54, 1.807) is 11.6 Å². The average Bonchev–Trinajstić information content (AvgIpc) is 2.49. The number of aryl methyl sites for hydroxylation is 1. The van der Waals surface area contributed by atoms with E-state index >= 15 is 0 Å². The summed E-state index contributed by atoms with van der Waals surface area (Å²) in [7, 11) is 1.70. The third-order valence-electron chi connectivity index (χ3n) is 2.17. The lowest BCUT2D eigenvalue weighted by Crippen LogP contribution is -1.97. The summed E-state index contributed by atoms with van der Waals surface area (Å²) < 4.78 is 27.6. The topological polar surface area (TPSA) is 43.8 Å². The molecule has 78 valence electrons. The van der Waals surface area contributed by atoms with Gasteiger partial charge in [-0.3, -0.25) is 0 Å². The van der Waals surface area contributed by atoms with Gasteiger partial charge >= 0.3 is 0 Å². The zero-order valence-electron chi connectivity index (χ0n) is 8.04. The third kappa shape index (κ3) is 1.56. The lowest BCUT2D eigenvalue weighted by atomic mass is 10.1. The largest absolute Gasteiger partial charge is 0.383 e. The number of imidazole rings is 1. The van der Waals surface area contributed by atoms with Crippen LogP contribution in [0.2, 0.25) is 0 Å². The van der Waals surface area contributed by atoms with Crippen molar-refractivity contribution in [2.24, 2.45) is 7.05 Å². The number of anilines is 1. The fraction of sp³-hybridized carbons (Fsp3) is 0.100. The second-order valence-electron chi connectivity index (χ2n) is 3.21. The Morgan fingerprint density at radius 2 is 2.07 bits per heavy atom. The van der Waals surface area contributed by atoms with E-state index in [1.165, 1.54) is 18.5 Å². The first-order valence-electron chi connectivity index (χ1n) is 4.32. The van der Waals surface area contributed by atoms with Crippen LogP contribution in [-0.2, 0) is 7.05 Å². The van der Waals surface area contributed by atoms with Gasteiger partial charge in [0.15, 0.2) is 0 Å². The molecule has 0 saturated heterocycles. The molecule has 15 heavy (non-hydrogen) atoms. The molecule has 0 saturated carbocycles. The van der Waals surface area contributed by atoms with Gasteiger partial charge in [-0.2, -0.15) is 0 Å². The van der Waals surface area contributed by atoms with E-state index in [2.05, 4.69) is 4.98 Å². The van der Waals surface area contributed by atoms with E-state index in [9.17, 15) is 8.78 Å². The Morgan fingerprint density at radius 3 is 2.60 bits per heavy atom. The van der Waals surface area contributed by atoms with Gasteiger partial charge in [0.05, 0.1) is 6.33 Å². The van der Waals surface area contributed by atoms with Crippen LogP contribution in [0.5, 0.6) is 0 Å². The smallest absolute Gasteiger partial charge is 0.135 e. The van der Waals surface area contributed by atoms with Crippen molar-refractivity contribution in [1.82, 2.24) is 9.55 Å². The number of hydrogen-bond donors (Lipinski definition) is 1. The quantitative estimate of drug-likeness (QED) is 0.780. The minimum Gasteiger partial charge on any atom is -0.383 e. The molecule has 2 rings (SSSR count). The maximum Gasteiger partial charge on any atom is 0.135 e. The molecule has 5 heteroatoms. The van der Waals surface area contributed by atoms with Crippen LogP contribution >= 0.6 is 0 Å². The van der Waals surface area contributed by atoms with Crippen LogP contribution in [0.3, 0.4) is 0 Å². The molecule has 0 spiro atoms. The van der Waals surface area contributed by atoms with E-state index in [-0.39, 0.29) is 5.56 Å². The number of hydrogen-bond acceptors (Lipinski definition) is 2. The first-order valence-corrected chi connectivity index (χ1v) is 4.32. The molecule has 1 heterocycles. The molecule has 0 fully saturated rings. The molecular weight excluding hydrogens is 200 g/mol. The minimum absolute atomic E-state index is 0.203. The van der Waals surface area contributed by atoms with Crippen molar-refractivity contribution in [3.05, 3.63) is 36.2 Å². The molecule has 3 nitrogen and oxygen atoms in total. The lowest BCUT2D eigenvalue weighted by molar-refractivity contribution is 0.585. The number of aromatic nitrogens is 2. The van der Waals surface area contributed by atoms with Crippen molar-refractivity contribution < 1.29 is 8.78 Å². The number of nitrogen functional groups attached to an aromatic ring is 1. The summed E-state index contributed by atoms with van der Waals surface area (Å²) in [6, 6.07) is 3.30. The Bertz CT molecular complexity index is 505. The molecule has 0 atom stereocenters. The van der Waals surface area contributed by atoms with Crippen molar-refractivity contribution in [3.63, 3.8) is 0 Å². The fourth-order valence-electron chi connectivity index (χ4n) is 1.33. The number of benzene rings is 1. The molecule has 2 aromatic rings. The van der Waals surface area contributed by atoms with Gasteiger partial charge in [-0.25, -0.2) is 13.8 Å². The van der Waals surface area contributed by atoms with Crippen LogP contribution in [0, 0.1) is 11.6 Å². The minimum atomic E-state index is -0.666. The molecule has 1 aromatic carbocycles. The van der Waals surface area contributed by atoms with Gasteiger partial charge < -0.3 is 10.3 Å². The number of halogens is 2. The Labute approximate surface area is 85.2 Å². The average molecular weight is 209 g/mol. The molecule has 0 aliphatic heterocycles. The second kappa shape index (κ2) is 3.34. The highest BCUT2D eigenvalue weighted by Gasteiger charge is 2.12. The lowest BCUT2D eigenvalue weighted by Gasteiger charge is -2.01. The maximum absolute atomic E-state index is 13.4. The number of nitrogens with zero attached hydrogens (tertiary/aromatic N) is 2. The zero-order valence-corrected chi connectivity index (χ0v) is 8.04. The normalized spacial score (nSPS) is 10.6. The predicted octanol–water partition coefficient (Wildman–Crippen LogP) is 1.95. The molecule has 0 unspecified atom stereocenters. The van der Waals surface area contributed by atoms with Crippen molar-refractivity contribution in [1.29, 1.82) is 0 Å². The Kier molecular flexibility index (Phi) is 2.15. The van der Waals surface area contributed by atoms with Crippen LogP contribution in [0.15, 0.2) is 24.5 Å². The Balaban J connectivity index is 2.59. The summed E-state index contributed by atoms with van der Waals surface area (Å²) >= 11 is 0. The highest BCUT2D eigenvalue weighted by Crippen LogP contribution is 2.26. The molecule has 0 amide bonds. The Morgan fingerprint density at radius 1 is 1.33 bits per heavy atom. The van der Waals surface area contributed by atoms with Crippen LogP contribution in [0.25, 0.3) is 11.3 Å². The van der Waals surface area contributed by atoms with Gasteiger partial charge in [0.1, 0.15) is 23.1 Å². The molecule has 2 N–H and O–H groups in total. The number of rotatable bonds is 1. The highest BCUT2D eigenvalue weighted by molar-refractivity contribution is 5.70. The van der Waals surface area contributed by atoms with E-state index in [4.69, 9.17) is 5.73 Å². The predicted molar refractivity (Wildman–Crippen MR) is 53.0 cm³/mol. The summed E-state index contributed by atoms with van der Waals surface area (Å²) in [5.74, 6) is -0.938. The van der Waals surface area contributed by atoms with Crippen molar-refractivity contribution >= 4 is 5.82 Å². The van der Waals surface area contributed by atoms with Gasteiger partial charge in [0.25, 0.3) is 0 Å². The van der Waals surface area contributed by atoms with Crippen molar-refractivity contribution in [3.8, 4) is 11.3 Å². The van der Waals surface area contributed by atoms with Crippen molar-refractivity contribution in [2.45, 2.75) is 0 Å². The highest BCUT2D eigenvalue weighted by atomic mass is 19.1. The summed E-state index contributed by atoms with van der Waals surface area (Å²) in [6.07, 6.45) is 1.48. The van der Waals surface area contributed by atoms with E-state index in [0.29, 0.717) is 11.5 Å². The summed E-state index contributed by atoms with van der Waals surface area (Å²) in [6.45, 7) is 0. The summed E-state index contributed by atoms with van der Waals surface area (Å²) in [5.41, 5.74) is 6.21. The third-order valence-corrected chi connectivity index (χ3v) is 2.17. The van der Waals surface area contributed by atoms with Crippen LogP contribution < -0.4 is 5.73 Å².